The third-order valence-corrected chi connectivity index (χ3v) is 3.72. The summed E-state index contributed by atoms with van der Waals surface area (Å²) in [6, 6.07) is 0. The molecule has 0 amide bonds. The summed E-state index contributed by atoms with van der Waals surface area (Å²) >= 11 is 0. The summed E-state index contributed by atoms with van der Waals surface area (Å²) in [5.74, 6) is 1.92. The minimum absolute atomic E-state index is 0.874. The molecule has 13 heavy (non-hydrogen) atoms. The van der Waals surface area contributed by atoms with E-state index < -0.39 is 0 Å². The standard InChI is InChI=1S/C13H22/c1-11-7-8-13(9-11)10-12-5-3-2-4-6-12/h9,11-12H,2-8,10H2,1H3. The van der Waals surface area contributed by atoms with Gasteiger partial charge in [0.25, 0.3) is 0 Å². The Hall–Kier alpha value is -0.260. The van der Waals surface area contributed by atoms with Crippen molar-refractivity contribution >= 4 is 0 Å². The van der Waals surface area contributed by atoms with Gasteiger partial charge in [0.1, 0.15) is 0 Å². The van der Waals surface area contributed by atoms with Crippen molar-refractivity contribution in [3.8, 4) is 0 Å². The van der Waals surface area contributed by atoms with Crippen molar-refractivity contribution in [2.24, 2.45) is 11.8 Å². The highest BCUT2D eigenvalue weighted by atomic mass is 14.2. The molecule has 0 spiro atoms. The fourth-order valence-electron chi connectivity index (χ4n) is 2.91. The Morgan fingerprint density at radius 1 is 1.15 bits per heavy atom. The Kier molecular flexibility index (Phi) is 3.08. The van der Waals surface area contributed by atoms with Crippen LogP contribution in [-0.2, 0) is 0 Å². The van der Waals surface area contributed by atoms with E-state index in [2.05, 4.69) is 13.0 Å². The smallest absolute Gasteiger partial charge is 0.0256 e. The SMILES string of the molecule is CC1C=C(CC2CCCCC2)CC1. The van der Waals surface area contributed by atoms with Crippen LogP contribution in [0.3, 0.4) is 0 Å². The van der Waals surface area contributed by atoms with E-state index in [1.54, 1.807) is 5.57 Å². The van der Waals surface area contributed by atoms with Gasteiger partial charge in [0, 0.05) is 0 Å². The molecule has 2 aliphatic carbocycles. The topological polar surface area (TPSA) is 0 Å². The van der Waals surface area contributed by atoms with E-state index >= 15 is 0 Å². The lowest BCUT2D eigenvalue weighted by molar-refractivity contribution is 0.354. The Balaban J connectivity index is 1.80. The van der Waals surface area contributed by atoms with Gasteiger partial charge in [0.2, 0.25) is 0 Å². The minimum atomic E-state index is 0.874. The molecule has 1 saturated carbocycles. The normalized spacial score (nSPS) is 30.5. The van der Waals surface area contributed by atoms with Gasteiger partial charge in [-0.25, -0.2) is 0 Å². The van der Waals surface area contributed by atoms with Crippen LogP contribution in [0.25, 0.3) is 0 Å². The molecule has 0 heterocycles. The summed E-state index contributed by atoms with van der Waals surface area (Å²) in [5, 5.41) is 0. The molecule has 0 nitrogen and oxygen atoms in total. The number of allylic oxidation sites excluding steroid dienone is 2. The van der Waals surface area contributed by atoms with Crippen LogP contribution >= 0.6 is 0 Å². The van der Waals surface area contributed by atoms with Crippen molar-refractivity contribution < 1.29 is 0 Å². The van der Waals surface area contributed by atoms with E-state index in [0.29, 0.717) is 0 Å². The number of hydrogen-bond acceptors (Lipinski definition) is 0. The summed E-state index contributed by atoms with van der Waals surface area (Å²) in [6.45, 7) is 2.36. The van der Waals surface area contributed by atoms with Crippen molar-refractivity contribution in [1.82, 2.24) is 0 Å². The van der Waals surface area contributed by atoms with Crippen molar-refractivity contribution in [3.05, 3.63) is 11.6 Å². The van der Waals surface area contributed by atoms with Crippen molar-refractivity contribution in [2.45, 2.75) is 58.3 Å². The fourth-order valence-corrected chi connectivity index (χ4v) is 2.91. The van der Waals surface area contributed by atoms with E-state index in [0.717, 1.165) is 11.8 Å². The molecular weight excluding hydrogens is 156 g/mol. The first-order chi connectivity index (χ1) is 6.34. The molecular formula is C13H22. The van der Waals surface area contributed by atoms with E-state index in [9.17, 15) is 0 Å². The maximum atomic E-state index is 2.54. The molecule has 0 aliphatic heterocycles. The first-order valence-corrected chi connectivity index (χ1v) is 6.04. The summed E-state index contributed by atoms with van der Waals surface area (Å²) < 4.78 is 0. The van der Waals surface area contributed by atoms with Crippen molar-refractivity contribution in [3.63, 3.8) is 0 Å². The Bertz CT molecular complexity index is 184. The molecule has 1 fully saturated rings. The molecule has 0 heteroatoms. The van der Waals surface area contributed by atoms with Crippen molar-refractivity contribution in [2.75, 3.05) is 0 Å². The van der Waals surface area contributed by atoms with Gasteiger partial charge in [-0.1, -0.05) is 50.7 Å². The molecule has 0 radical (unpaired) electrons. The maximum absolute atomic E-state index is 2.54. The second-order valence-electron chi connectivity index (χ2n) is 5.05. The Morgan fingerprint density at radius 3 is 2.54 bits per heavy atom. The first-order valence-electron chi connectivity index (χ1n) is 6.04. The van der Waals surface area contributed by atoms with Gasteiger partial charge in [-0.05, 0) is 31.1 Å². The van der Waals surface area contributed by atoms with Gasteiger partial charge < -0.3 is 0 Å². The van der Waals surface area contributed by atoms with E-state index in [1.807, 2.05) is 0 Å². The first kappa shape index (κ1) is 9.30. The van der Waals surface area contributed by atoms with E-state index in [4.69, 9.17) is 0 Å². The third-order valence-electron chi connectivity index (χ3n) is 3.72. The predicted molar refractivity (Wildman–Crippen MR) is 57.7 cm³/mol. The second-order valence-corrected chi connectivity index (χ2v) is 5.05. The van der Waals surface area contributed by atoms with Gasteiger partial charge in [-0.2, -0.15) is 0 Å². The molecule has 0 saturated heterocycles. The highest BCUT2D eigenvalue weighted by Gasteiger charge is 2.18. The summed E-state index contributed by atoms with van der Waals surface area (Å²) in [7, 11) is 0. The predicted octanol–water partition coefficient (Wildman–Crippen LogP) is 4.31. The van der Waals surface area contributed by atoms with Crippen LogP contribution in [-0.4, -0.2) is 0 Å². The largest absolute Gasteiger partial charge is 0.0825 e. The molecule has 1 atom stereocenters. The molecule has 74 valence electrons. The molecule has 0 aromatic rings. The molecule has 0 bridgehead atoms. The lowest BCUT2D eigenvalue weighted by Gasteiger charge is -2.21. The van der Waals surface area contributed by atoms with Crippen molar-refractivity contribution in [1.29, 1.82) is 0 Å². The Morgan fingerprint density at radius 2 is 1.92 bits per heavy atom. The lowest BCUT2D eigenvalue weighted by Crippen LogP contribution is -2.06. The van der Waals surface area contributed by atoms with Crippen LogP contribution in [0.4, 0.5) is 0 Å². The zero-order valence-electron chi connectivity index (χ0n) is 8.89. The minimum Gasteiger partial charge on any atom is -0.0825 e. The third kappa shape index (κ3) is 2.59. The summed E-state index contributed by atoms with van der Waals surface area (Å²) in [6.07, 6.45) is 14.3. The maximum Gasteiger partial charge on any atom is -0.0256 e. The van der Waals surface area contributed by atoms with Crippen LogP contribution in [0.15, 0.2) is 11.6 Å². The molecule has 1 unspecified atom stereocenters. The monoisotopic (exact) mass is 178 g/mol. The average molecular weight is 178 g/mol. The molecule has 0 aromatic heterocycles. The zero-order chi connectivity index (χ0) is 9.10. The van der Waals surface area contributed by atoms with Gasteiger partial charge in [-0.3, -0.25) is 0 Å². The number of hydrogen-bond donors (Lipinski definition) is 0. The summed E-state index contributed by atoms with van der Waals surface area (Å²) in [5.41, 5.74) is 1.78. The van der Waals surface area contributed by atoms with E-state index in [1.165, 1.54) is 51.4 Å². The molecule has 2 rings (SSSR count). The Labute approximate surface area is 82.4 Å². The highest BCUT2D eigenvalue weighted by molar-refractivity contribution is 5.10. The van der Waals surface area contributed by atoms with Crippen LogP contribution in [0.1, 0.15) is 58.3 Å². The van der Waals surface area contributed by atoms with Gasteiger partial charge in [0.05, 0.1) is 0 Å². The van der Waals surface area contributed by atoms with Crippen LogP contribution in [0.2, 0.25) is 0 Å². The number of rotatable bonds is 2. The van der Waals surface area contributed by atoms with Crippen LogP contribution in [0, 0.1) is 11.8 Å². The van der Waals surface area contributed by atoms with Crippen LogP contribution in [0.5, 0.6) is 0 Å². The molecule has 0 aromatic carbocycles. The molecule has 2 aliphatic rings. The van der Waals surface area contributed by atoms with Gasteiger partial charge in [0.15, 0.2) is 0 Å². The molecule has 0 N–H and O–H groups in total. The lowest BCUT2D eigenvalue weighted by atomic mass is 9.84. The average Bonchev–Trinajstić information content (AvgIpc) is 2.53. The zero-order valence-corrected chi connectivity index (χ0v) is 8.89. The highest BCUT2D eigenvalue weighted by Crippen LogP contribution is 2.34. The summed E-state index contributed by atoms with van der Waals surface area (Å²) in [4.78, 5) is 0. The van der Waals surface area contributed by atoms with Gasteiger partial charge >= 0.3 is 0 Å². The quantitative estimate of drug-likeness (QED) is 0.553. The van der Waals surface area contributed by atoms with Crippen LogP contribution < -0.4 is 0 Å². The second kappa shape index (κ2) is 4.30. The van der Waals surface area contributed by atoms with Gasteiger partial charge in [-0.15, -0.1) is 0 Å². The fraction of sp³-hybridized carbons (Fsp3) is 0.846. The van der Waals surface area contributed by atoms with E-state index in [-0.39, 0.29) is 0 Å².